The molecular weight excluding hydrogens is 816 g/mol. The molecular formula is C36H50O24. The van der Waals surface area contributed by atoms with Crippen molar-refractivity contribution in [2.24, 2.45) is 0 Å². The van der Waals surface area contributed by atoms with E-state index in [0.717, 1.165) is 0 Å². The molecule has 338 valence electrons. The van der Waals surface area contributed by atoms with Crippen molar-refractivity contribution in [1.29, 1.82) is 0 Å². The predicted molar refractivity (Wildman–Crippen MR) is 190 cm³/mol. The van der Waals surface area contributed by atoms with Crippen molar-refractivity contribution in [2.45, 2.75) is 140 Å². The van der Waals surface area contributed by atoms with Gasteiger partial charge in [0, 0.05) is 77.0 Å². The van der Waals surface area contributed by atoms with Crippen molar-refractivity contribution in [3.63, 3.8) is 0 Å². The fourth-order valence-corrected chi connectivity index (χ4v) is 4.78. The molecule has 0 bridgehead atoms. The average Bonchev–Trinajstić information content (AvgIpc) is 3.12. The first kappa shape index (κ1) is 53.6. The minimum Gasteiger partial charge on any atom is -0.481 e. The smallest absolute Gasteiger partial charge is 0.306 e. The Morgan fingerprint density at radius 3 is 0.700 bits per heavy atom. The number of carbonyl (C=O) groups is 12. The number of esters is 6. The zero-order valence-electron chi connectivity index (χ0n) is 32.5. The maximum atomic E-state index is 13.3. The van der Waals surface area contributed by atoms with E-state index < -0.39 is 186 Å². The summed E-state index contributed by atoms with van der Waals surface area (Å²) in [5.74, 6) is -14.9. The third-order valence-corrected chi connectivity index (χ3v) is 7.60. The summed E-state index contributed by atoms with van der Waals surface area (Å²) in [6.07, 6.45) is -17.2. The lowest BCUT2D eigenvalue weighted by atomic mass is 10.0. The molecule has 0 amide bonds. The largest absolute Gasteiger partial charge is 0.481 e. The van der Waals surface area contributed by atoms with Crippen molar-refractivity contribution in [3.8, 4) is 0 Å². The maximum absolute atomic E-state index is 13.3. The molecule has 0 spiro atoms. The van der Waals surface area contributed by atoms with Crippen molar-refractivity contribution in [3.05, 3.63) is 0 Å². The fraction of sp³-hybridized carbons (Fsp3) is 0.667. The van der Waals surface area contributed by atoms with E-state index in [9.17, 15) is 57.5 Å². The second-order valence-electron chi connectivity index (χ2n) is 12.8. The summed E-state index contributed by atoms with van der Waals surface area (Å²) < 4.78 is 32.3. The van der Waals surface area contributed by atoms with Crippen molar-refractivity contribution >= 4 is 71.6 Å². The standard InChI is InChI=1S/C36H50O24/c37-23(38)7-1-13-29(49)55-19-21(57-31(51)15-3-9-25(41)42)35(59-33(53)17-5-11-27(45)46)36(60-34(54)18-6-12-28(47)48)22(58-32(52)16-4-10-26(43)44)20-56-30(50)14-2-8-24(39)40/h21-22,35-36H,1-20H2,(H,37,38)(H,39,40)(H,41,42)(H,43,44)(H,45,46)(H,47,48)/t21-,22-,35+,36+/m0/s1. The quantitative estimate of drug-likeness (QED) is 0.0385. The van der Waals surface area contributed by atoms with Crippen LogP contribution in [0.5, 0.6) is 0 Å². The highest BCUT2D eigenvalue weighted by Crippen LogP contribution is 2.24. The van der Waals surface area contributed by atoms with Gasteiger partial charge in [0.25, 0.3) is 0 Å². The normalized spacial score (nSPS) is 12.6. The number of carboxylic acid groups (broad SMARTS) is 6. The summed E-state index contributed by atoms with van der Waals surface area (Å²) in [5.41, 5.74) is 0. The summed E-state index contributed by atoms with van der Waals surface area (Å²) in [6.45, 7) is -2.16. The number of carbonyl (C=O) groups excluding carboxylic acids is 6. The summed E-state index contributed by atoms with van der Waals surface area (Å²) in [4.78, 5) is 144. The fourth-order valence-electron chi connectivity index (χ4n) is 4.78. The first-order chi connectivity index (χ1) is 28.2. The van der Waals surface area contributed by atoms with Crippen LogP contribution in [0.25, 0.3) is 0 Å². The van der Waals surface area contributed by atoms with E-state index in [-0.39, 0.29) is 38.5 Å². The van der Waals surface area contributed by atoms with Crippen LogP contribution in [0.4, 0.5) is 0 Å². The third-order valence-electron chi connectivity index (χ3n) is 7.60. The molecule has 0 unspecified atom stereocenters. The van der Waals surface area contributed by atoms with Gasteiger partial charge in [0.1, 0.15) is 13.2 Å². The Balaban J connectivity index is 7.41. The van der Waals surface area contributed by atoms with Gasteiger partial charge in [-0.25, -0.2) is 0 Å². The lowest BCUT2D eigenvalue weighted by Crippen LogP contribution is -2.54. The second-order valence-corrected chi connectivity index (χ2v) is 12.8. The van der Waals surface area contributed by atoms with Gasteiger partial charge in [0.15, 0.2) is 24.4 Å². The molecule has 0 radical (unpaired) electrons. The average molecular weight is 867 g/mol. The van der Waals surface area contributed by atoms with Crippen LogP contribution in [0.2, 0.25) is 0 Å². The summed E-state index contributed by atoms with van der Waals surface area (Å²) in [7, 11) is 0. The van der Waals surface area contributed by atoms with Crippen LogP contribution < -0.4 is 0 Å². The van der Waals surface area contributed by atoms with E-state index in [1.54, 1.807) is 0 Å². The Morgan fingerprint density at radius 1 is 0.283 bits per heavy atom. The van der Waals surface area contributed by atoms with Crippen LogP contribution in [0, 0.1) is 0 Å². The van der Waals surface area contributed by atoms with Crippen LogP contribution in [0.3, 0.4) is 0 Å². The lowest BCUT2D eigenvalue weighted by Gasteiger charge is -2.36. The van der Waals surface area contributed by atoms with E-state index in [1.165, 1.54) is 0 Å². The molecule has 0 aliphatic heterocycles. The first-order valence-corrected chi connectivity index (χ1v) is 18.6. The molecule has 0 fully saturated rings. The second kappa shape index (κ2) is 30.7. The van der Waals surface area contributed by atoms with Gasteiger partial charge in [0.05, 0.1) is 0 Å². The molecule has 0 saturated heterocycles. The minimum atomic E-state index is -2.25. The highest BCUT2D eigenvalue weighted by molar-refractivity contribution is 5.75. The number of hydrogen-bond acceptors (Lipinski definition) is 18. The third kappa shape index (κ3) is 28.9. The van der Waals surface area contributed by atoms with Gasteiger partial charge >= 0.3 is 71.6 Å². The molecule has 0 rings (SSSR count). The zero-order chi connectivity index (χ0) is 45.6. The molecule has 0 aliphatic rings. The van der Waals surface area contributed by atoms with E-state index in [4.69, 9.17) is 59.1 Å². The van der Waals surface area contributed by atoms with Gasteiger partial charge in [-0.1, -0.05) is 0 Å². The molecule has 24 nitrogen and oxygen atoms in total. The monoisotopic (exact) mass is 866 g/mol. The molecule has 0 aromatic heterocycles. The van der Waals surface area contributed by atoms with Crippen LogP contribution in [0.1, 0.15) is 116 Å². The van der Waals surface area contributed by atoms with Gasteiger partial charge in [-0.2, -0.15) is 0 Å². The van der Waals surface area contributed by atoms with E-state index in [2.05, 4.69) is 0 Å². The molecule has 0 heterocycles. The Hall–Kier alpha value is -6.36. The number of aliphatic carboxylic acids is 6. The summed E-state index contributed by atoms with van der Waals surface area (Å²) in [6, 6.07) is 0. The molecule has 24 heteroatoms. The van der Waals surface area contributed by atoms with Crippen LogP contribution in [0.15, 0.2) is 0 Å². The summed E-state index contributed by atoms with van der Waals surface area (Å²) >= 11 is 0. The van der Waals surface area contributed by atoms with Gasteiger partial charge in [-0.15, -0.1) is 0 Å². The first-order valence-electron chi connectivity index (χ1n) is 18.6. The van der Waals surface area contributed by atoms with Crippen molar-refractivity contribution < 1.29 is 117 Å². The number of rotatable bonds is 35. The summed E-state index contributed by atoms with van der Waals surface area (Å²) in [5, 5.41) is 54.0. The highest BCUT2D eigenvalue weighted by Gasteiger charge is 2.45. The Morgan fingerprint density at radius 2 is 0.483 bits per heavy atom. The van der Waals surface area contributed by atoms with Crippen LogP contribution >= 0.6 is 0 Å². The van der Waals surface area contributed by atoms with Crippen LogP contribution in [-0.2, 0) is 86.0 Å². The molecule has 0 aromatic carbocycles. The molecule has 0 saturated carbocycles. The Labute approximate surface area is 341 Å². The van der Waals surface area contributed by atoms with Gasteiger partial charge in [-0.3, -0.25) is 57.5 Å². The number of hydrogen-bond donors (Lipinski definition) is 6. The molecule has 60 heavy (non-hydrogen) atoms. The Kier molecular flexibility index (Phi) is 27.4. The number of ether oxygens (including phenoxy) is 6. The topological polar surface area (TPSA) is 382 Å². The lowest BCUT2D eigenvalue weighted by molar-refractivity contribution is -0.209. The Bertz CT molecular complexity index is 1390. The van der Waals surface area contributed by atoms with Crippen molar-refractivity contribution in [1.82, 2.24) is 0 Å². The van der Waals surface area contributed by atoms with Crippen LogP contribution in [-0.4, -0.2) is 140 Å². The number of carboxylic acids is 6. The molecule has 6 N–H and O–H groups in total. The van der Waals surface area contributed by atoms with Gasteiger partial charge < -0.3 is 59.1 Å². The van der Waals surface area contributed by atoms with Gasteiger partial charge in [-0.05, 0) is 38.5 Å². The van der Waals surface area contributed by atoms with E-state index >= 15 is 0 Å². The van der Waals surface area contributed by atoms with Gasteiger partial charge in [0.2, 0.25) is 0 Å². The highest BCUT2D eigenvalue weighted by atomic mass is 16.6. The van der Waals surface area contributed by atoms with E-state index in [1.807, 2.05) is 0 Å². The minimum absolute atomic E-state index is 0.232. The van der Waals surface area contributed by atoms with Crippen molar-refractivity contribution in [2.75, 3.05) is 13.2 Å². The maximum Gasteiger partial charge on any atom is 0.306 e. The molecule has 0 aromatic rings. The SMILES string of the molecule is O=C(O)CCCC(=O)OC[C@H](OC(=O)CCCC(=O)O)[C@@H](OC(=O)CCCC(=O)O)[C@H](OC(=O)CCCC(=O)O)[C@H](COC(=O)CCCC(=O)O)OC(=O)CCCC(=O)O. The predicted octanol–water partition coefficient (Wildman–Crippen LogP) is 1.25. The van der Waals surface area contributed by atoms with E-state index in [0.29, 0.717) is 0 Å². The zero-order valence-corrected chi connectivity index (χ0v) is 32.5. The molecule has 0 aliphatic carbocycles. The molecule has 4 atom stereocenters.